The Morgan fingerprint density at radius 3 is 2.46 bits per heavy atom. The predicted molar refractivity (Wildman–Crippen MR) is 126 cm³/mol. The number of fused-ring (bicyclic) bond motifs is 4. The standard InChI is InChI=1S/C23H18N4O3.C2HF3O2/c1-30-15-9-10-18-17(13-15)23(29)27-20-16(8-5-11-24-20)22(28)26-19(21(27)25-18)12-14-6-3-2-4-7-14;3-2(4,5)1(6)7/h2-11,13,19H,12H2,1H3,(H,26,28);(H,6,7). The molecule has 1 amide bonds. The SMILES string of the molecule is COc1ccc2nc3n(c(=O)c2c1)-c1ncccc1C(=O)NC3Cc1ccccc1.O=C(O)C(F)(F)F. The normalized spacial score (nSPS) is 14.4. The van der Waals surface area contributed by atoms with Crippen LogP contribution in [0.1, 0.15) is 27.8 Å². The van der Waals surface area contributed by atoms with Crippen molar-refractivity contribution in [2.75, 3.05) is 7.11 Å². The molecule has 2 aromatic heterocycles. The van der Waals surface area contributed by atoms with Crippen LogP contribution in [0.25, 0.3) is 16.7 Å². The molecule has 4 aromatic rings. The van der Waals surface area contributed by atoms with Crippen LogP contribution in [0, 0.1) is 0 Å². The number of hydrogen-bond acceptors (Lipinski definition) is 6. The Balaban J connectivity index is 0.000000405. The number of methoxy groups -OCH3 is 1. The fourth-order valence-electron chi connectivity index (χ4n) is 3.79. The highest BCUT2D eigenvalue weighted by Gasteiger charge is 2.38. The Morgan fingerprint density at radius 1 is 1.11 bits per heavy atom. The summed E-state index contributed by atoms with van der Waals surface area (Å²) in [5, 5.41) is 10.6. The molecule has 0 saturated carbocycles. The molecule has 0 radical (unpaired) electrons. The molecule has 0 bridgehead atoms. The van der Waals surface area contributed by atoms with Gasteiger partial charge in [0.05, 0.1) is 29.6 Å². The number of benzene rings is 2. The van der Waals surface area contributed by atoms with E-state index in [4.69, 9.17) is 19.6 Å². The molecule has 1 aliphatic heterocycles. The Bertz CT molecular complexity index is 1540. The Hall–Kier alpha value is -4.74. The number of carboxylic acid groups (broad SMARTS) is 1. The first-order chi connectivity index (χ1) is 17.6. The van der Waals surface area contributed by atoms with E-state index < -0.39 is 18.2 Å². The van der Waals surface area contributed by atoms with E-state index in [1.54, 1.807) is 43.6 Å². The third-order valence-corrected chi connectivity index (χ3v) is 5.49. The van der Waals surface area contributed by atoms with E-state index in [0.29, 0.717) is 34.5 Å². The number of hydrogen-bond donors (Lipinski definition) is 2. The summed E-state index contributed by atoms with van der Waals surface area (Å²) < 4.78 is 38.5. The Morgan fingerprint density at radius 2 is 1.81 bits per heavy atom. The van der Waals surface area contributed by atoms with Gasteiger partial charge in [0, 0.05) is 6.20 Å². The Kier molecular flexibility index (Phi) is 6.92. The van der Waals surface area contributed by atoms with Crippen molar-refractivity contribution in [1.29, 1.82) is 0 Å². The van der Waals surface area contributed by atoms with Crippen molar-refractivity contribution in [3.8, 4) is 11.6 Å². The third kappa shape index (κ3) is 5.27. The van der Waals surface area contributed by atoms with Crippen LogP contribution in [-0.2, 0) is 11.2 Å². The van der Waals surface area contributed by atoms with Crippen LogP contribution in [0.3, 0.4) is 0 Å². The molecule has 1 unspecified atom stereocenters. The van der Waals surface area contributed by atoms with Gasteiger partial charge in [0.15, 0.2) is 5.82 Å². The second kappa shape index (κ2) is 10.1. The highest BCUT2D eigenvalue weighted by Crippen LogP contribution is 2.27. The van der Waals surface area contributed by atoms with E-state index in [1.165, 1.54) is 4.57 Å². The highest BCUT2D eigenvalue weighted by atomic mass is 19.4. The van der Waals surface area contributed by atoms with Gasteiger partial charge in [0.1, 0.15) is 11.6 Å². The molecular formula is C25H19F3N4O5. The number of rotatable bonds is 3. The topological polar surface area (TPSA) is 123 Å². The second-order valence-electron chi connectivity index (χ2n) is 7.89. The van der Waals surface area contributed by atoms with Crippen molar-refractivity contribution in [2.24, 2.45) is 0 Å². The number of alkyl halides is 3. The molecule has 3 heterocycles. The van der Waals surface area contributed by atoms with Gasteiger partial charge < -0.3 is 15.2 Å². The molecule has 190 valence electrons. The van der Waals surface area contributed by atoms with Gasteiger partial charge in [-0.15, -0.1) is 0 Å². The maximum Gasteiger partial charge on any atom is 0.490 e. The molecule has 37 heavy (non-hydrogen) atoms. The van der Waals surface area contributed by atoms with Crippen molar-refractivity contribution in [3.05, 3.63) is 94.2 Å². The van der Waals surface area contributed by atoms with Gasteiger partial charge in [-0.05, 0) is 42.3 Å². The summed E-state index contributed by atoms with van der Waals surface area (Å²) in [4.78, 5) is 44.5. The van der Waals surface area contributed by atoms with Gasteiger partial charge >= 0.3 is 12.1 Å². The number of pyridine rings is 1. The summed E-state index contributed by atoms with van der Waals surface area (Å²) in [6, 6.07) is 17.8. The van der Waals surface area contributed by atoms with Crippen LogP contribution in [-0.4, -0.2) is 44.8 Å². The van der Waals surface area contributed by atoms with Crippen LogP contribution in [0.4, 0.5) is 13.2 Å². The molecule has 1 aliphatic rings. The highest BCUT2D eigenvalue weighted by molar-refractivity contribution is 5.98. The number of carboxylic acids is 1. The molecule has 0 fully saturated rings. The molecule has 9 nitrogen and oxygen atoms in total. The minimum Gasteiger partial charge on any atom is -0.497 e. The van der Waals surface area contributed by atoms with E-state index >= 15 is 0 Å². The first-order valence-electron chi connectivity index (χ1n) is 10.8. The van der Waals surface area contributed by atoms with E-state index in [-0.39, 0.29) is 17.3 Å². The maximum absolute atomic E-state index is 13.5. The zero-order valence-corrected chi connectivity index (χ0v) is 19.2. The first kappa shape index (κ1) is 25.4. The van der Waals surface area contributed by atoms with Crippen molar-refractivity contribution in [3.63, 3.8) is 0 Å². The van der Waals surface area contributed by atoms with Gasteiger partial charge in [0.2, 0.25) is 0 Å². The number of nitrogens with one attached hydrogen (secondary N) is 1. The van der Waals surface area contributed by atoms with Gasteiger partial charge in [0.25, 0.3) is 11.5 Å². The number of halogens is 3. The van der Waals surface area contributed by atoms with Gasteiger partial charge in [-0.3, -0.25) is 9.59 Å². The fraction of sp³-hybridized carbons (Fsp3) is 0.160. The number of carbonyl (C=O) groups excluding carboxylic acids is 1. The van der Waals surface area contributed by atoms with Crippen LogP contribution < -0.4 is 15.6 Å². The summed E-state index contributed by atoms with van der Waals surface area (Å²) in [5.74, 6) is -1.75. The average molecular weight is 512 g/mol. The molecule has 0 saturated heterocycles. The predicted octanol–water partition coefficient (Wildman–Crippen LogP) is 3.45. The molecule has 2 aromatic carbocycles. The summed E-state index contributed by atoms with van der Waals surface area (Å²) in [7, 11) is 1.55. The third-order valence-electron chi connectivity index (χ3n) is 5.49. The van der Waals surface area contributed by atoms with Crippen LogP contribution in [0.15, 0.2) is 71.7 Å². The van der Waals surface area contributed by atoms with E-state index in [9.17, 15) is 22.8 Å². The zero-order chi connectivity index (χ0) is 26.7. The lowest BCUT2D eigenvalue weighted by molar-refractivity contribution is -0.192. The lowest BCUT2D eigenvalue weighted by Crippen LogP contribution is -2.32. The van der Waals surface area contributed by atoms with Crippen LogP contribution >= 0.6 is 0 Å². The monoisotopic (exact) mass is 512 g/mol. The van der Waals surface area contributed by atoms with Crippen LogP contribution in [0.5, 0.6) is 5.75 Å². The molecule has 1 atom stereocenters. The number of nitrogens with zero attached hydrogens (tertiary/aromatic N) is 3. The van der Waals surface area contributed by atoms with Crippen molar-refractivity contribution >= 4 is 22.8 Å². The lowest BCUT2D eigenvalue weighted by Gasteiger charge is -2.19. The second-order valence-corrected chi connectivity index (χ2v) is 7.89. The zero-order valence-electron chi connectivity index (χ0n) is 19.2. The van der Waals surface area contributed by atoms with Crippen LogP contribution in [0.2, 0.25) is 0 Å². The number of aromatic nitrogens is 3. The van der Waals surface area contributed by atoms with E-state index in [1.807, 2.05) is 30.3 Å². The minimum absolute atomic E-state index is 0.280. The fourth-order valence-corrected chi connectivity index (χ4v) is 3.79. The van der Waals surface area contributed by atoms with E-state index in [0.717, 1.165) is 5.56 Å². The molecule has 0 spiro atoms. The number of aliphatic carboxylic acids is 1. The lowest BCUT2D eigenvalue weighted by atomic mass is 10.0. The summed E-state index contributed by atoms with van der Waals surface area (Å²) in [6.45, 7) is 0. The first-order valence-corrected chi connectivity index (χ1v) is 10.8. The van der Waals surface area contributed by atoms with Crippen molar-refractivity contribution in [1.82, 2.24) is 19.9 Å². The molecule has 0 aliphatic carbocycles. The molecule has 12 heteroatoms. The quantitative estimate of drug-likeness (QED) is 0.431. The summed E-state index contributed by atoms with van der Waals surface area (Å²) >= 11 is 0. The van der Waals surface area contributed by atoms with Crippen molar-refractivity contribution < 1.29 is 32.6 Å². The van der Waals surface area contributed by atoms with E-state index in [2.05, 4.69) is 10.3 Å². The van der Waals surface area contributed by atoms with Gasteiger partial charge in [-0.2, -0.15) is 13.2 Å². The Labute approximate surface area is 207 Å². The molecule has 2 N–H and O–H groups in total. The molecule has 5 rings (SSSR count). The smallest absolute Gasteiger partial charge is 0.490 e. The van der Waals surface area contributed by atoms with Crippen molar-refractivity contribution in [2.45, 2.75) is 18.6 Å². The maximum atomic E-state index is 13.5. The number of amides is 1. The largest absolute Gasteiger partial charge is 0.497 e. The minimum atomic E-state index is -5.08. The number of carbonyl (C=O) groups is 2. The van der Waals surface area contributed by atoms with Gasteiger partial charge in [-0.25, -0.2) is 19.3 Å². The average Bonchev–Trinajstić information content (AvgIpc) is 2.99. The number of ether oxygens (including phenoxy) is 1. The summed E-state index contributed by atoms with van der Waals surface area (Å²) in [6.07, 6.45) is -3.02. The van der Waals surface area contributed by atoms with Gasteiger partial charge in [-0.1, -0.05) is 30.3 Å². The molecular weight excluding hydrogens is 493 g/mol. The summed E-state index contributed by atoms with van der Waals surface area (Å²) in [5.41, 5.74) is 1.61.